The van der Waals surface area contributed by atoms with E-state index in [0.717, 1.165) is 0 Å². The van der Waals surface area contributed by atoms with E-state index in [4.69, 9.17) is 4.74 Å². The Bertz CT molecular complexity index is 736. The maximum atomic E-state index is 12.6. The van der Waals surface area contributed by atoms with E-state index in [2.05, 4.69) is 4.98 Å². The lowest BCUT2D eigenvalue weighted by molar-refractivity contribution is -0.390. The smallest absolute Gasteiger partial charge is 0.406 e. The molecular formula is C14H19N3O6S. The van der Waals surface area contributed by atoms with Crippen LogP contribution in [0.15, 0.2) is 18.3 Å². The molecule has 0 radical (unpaired) electrons. The molecule has 0 bridgehead atoms. The van der Waals surface area contributed by atoms with Crippen LogP contribution in [0.2, 0.25) is 0 Å². The summed E-state index contributed by atoms with van der Waals surface area (Å²) in [5.74, 6) is -0.975. The minimum Gasteiger partial charge on any atom is -0.473 e. The van der Waals surface area contributed by atoms with Crippen molar-refractivity contribution >= 4 is 21.6 Å². The summed E-state index contributed by atoms with van der Waals surface area (Å²) in [7, 11) is -3.12. The molecule has 2 atom stereocenters. The normalized spacial score (nSPS) is 20.3. The lowest BCUT2D eigenvalue weighted by Crippen LogP contribution is -2.46. The Morgan fingerprint density at radius 3 is 2.83 bits per heavy atom. The Morgan fingerprint density at radius 2 is 2.29 bits per heavy atom. The molecule has 0 aliphatic carbocycles. The number of aromatic nitrogens is 1. The molecule has 0 unspecified atom stereocenters. The van der Waals surface area contributed by atoms with Crippen LogP contribution in [0.25, 0.3) is 0 Å². The van der Waals surface area contributed by atoms with Crippen molar-refractivity contribution in [1.29, 1.82) is 0 Å². The first kappa shape index (κ1) is 18.1. The minimum absolute atomic E-state index is 0.0603. The number of carbonyl (C=O) groups excluding carboxylic acids is 1. The molecule has 10 heteroatoms. The van der Waals surface area contributed by atoms with Gasteiger partial charge in [-0.1, -0.05) is 0 Å². The highest BCUT2D eigenvalue weighted by Crippen LogP contribution is 2.25. The predicted molar refractivity (Wildman–Crippen MR) is 85.4 cm³/mol. The number of carbonyl (C=O) groups is 1. The number of sulfone groups is 1. The molecule has 0 spiro atoms. The van der Waals surface area contributed by atoms with Crippen molar-refractivity contribution in [3.05, 3.63) is 28.4 Å². The second-order valence-corrected chi connectivity index (χ2v) is 7.75. The van der Waals surface area contributed by atoms with E-state index < -0.39 is 32.6 Å². The Hall–Kier alpha value is -2.23. The van der Waals surface area contributed by atoms with Crippen molar-refractivity contribution in [3.8, 4) is 5.75 Å². The largest absolute Gasteiger partial charge is 0.473 e. The SMILES string of the molecule is CCN(C(=O)[C@H](C)Oc1cccnc1[N+](=O)[O-])[C@H]1CCS(=O)(=O)C1. The van der Waals surface area contributed by atoms with Gasteiger partial charge in [-0.3, -0.25) is 4.79 Å². The number of pyridine rings is 1. The van der Waals surface area contributed by atoms with E-state index in [1.807, 2.05) is 0 Å². The fourth-order valence-electron chi connectivity index (χ4n) is 2.70. The zero-order chi connectivity index (χ0) is 17.9. The highest BCUT2D eigenvalue weighted by Gasteiger charge is 2.36. The number of hydrogen-bond donors (Lipinski definition) is 0. The maximum Gasteiger partial charge on any atom is 0.406 e. The number of nitrogens with zero attached hydrogens (tertiary/aromatic N) is 3. The molecule has 1 aliphatic rings. The molecule has 9 nitrogen and oxygen atoms in total. The summed E-state index contributed by atoms with van der Waals surface area (Å²) in [5, 5.41) is 10.9. The molecule has 0 aromatic carbocycles. The second kappa shape index (κ2) is 7.12. The van der Waals surface area contributed by atoms with Gasteiger partial charge in [0.15, 0.2) is 15.9 Å². The van der Waals surface area contributed by atoms with Gasteiger partial charge in [-0.05, 0) is 42.3 Å². The molecule has 0 N–H and O–H groups in total. The topological polar surface area (TPSA) is 120 Å². The molecular weight excluding hydrogens is 338 g/mol. The highest BCUT2D eigenvalue weighted by atomic mass is 32.2. The molecule has 1 aromatic rings. The average Bonchev–Trinajstić information content (AvgIpc) is 2.88. The fourth-order valence-corrected chi connectivity index (χ4v) is 4.43. The summed E-state index contributed by atoms with van der Waals surface area (Å²) in [6, 6.07) is 2.45. The van der Waals surface area contributed by atoms with Crippen LogP contribution in [0.5, 0.6) is 5.75 Å². The van der Waals surface area contributed by atoms with E-state index >= 15 is 0 Å². The van der Waals surface area contributed by atoms with Crippen molar-refractivity contribution in [3.63, 3.8) is 0 Å². The molecule has 1 fully saturated rings. The number of rotatable bonds is 6. The maximum absolute atomic E-state index is 12.6. The van der Waals surface area contributed by atoms with Crippen LogP contribution >= 0.6 is 0 Å². The first-order chi connectivity index (χ1) is 11.2. The number of likely N-dealkylation sites (N-methyl/N-ethyl adjacent to an activating group) is 1. The van der Waals surface area contributed by atoms with Gasteiger partial charge in [0.2, 0.25) is 5.75 Å². The zero-order valence-corrected chi connectivity index (χ0v) is 14.2. The summed E-state index contributed by atoms with van der Waals surface area (Å²) in [5.41, 5.74) is 0. The molecule has 1 saturated heterocycles. The van der Waals surface area contributed by atoms with Gasteiger partial charge in [-0.15, -0.1) is 0 Å². The Morgan fingerprint density at radius 1 is 1.58 bits per heavy atom. The fraction of sp³-hybridized carbons (Fsp3) is 0.571. The van der Waals surface area contributed by atoms with E-state index in [1.165, 1.54) is 30.2 Å². The number of nitro groups is 1. The Kier molecular flexibility index (Phi) is 5.37. The van der Waals surface area contributed by atoms with Crippen LogP contribution in [0.1, 0.15) is 20.3 Å². The summed E-state index contributed by atoms with van der Waals surface area (Å²) < 4.78 is 28.6. The monoisotopic (exact) mass is 357 g/mol. The molecule has 1 aromatic heterocycles. The number of amides is 1. The third kappa shape index (κ3) is 3.99. The summed E-state index contributed by atoms with van der Waals surface area (Å²) in [6.07, 6.45) is 0.664. The van der Waals surface area contributed by atoms with Crippen LogP contribution in [-0.4, -0.2) is 59.3 Å². The molecule has 1 amide bonds. The highest BCUT2D eigenvalue weighted by molar-refractivity contribution is 7.91. The van der Waals surface area contributed by atoms with E-state index in [0.29, 0.717) is 13.0 Å². The number of hydrogen-bond acceptors (Lipinski definition) is 7. The van der Waals surface area contributed by atoms with Crippen molar-refractivity contribution in [2.75, 3.05) is 18.1 Å². The van der Waals surface area contributed by atoms with Crippen molar-refractivity contribution in [2.45, 2.75) is 32.4 Å². The zero-order valence-electron chi connectivity index (χ0n) is 13.4. The lowest BCUT2D eigenvalue weighted by Gasteiger charge is -2.29. The summed E-state index contributed by atoms with van der Waals surface area (Å²) >= 11 is 0. The van der Waals surface area contributed by atoms with Crippen molar-refractivity contribution < 1.29 is 22.9 Å². The average molecular weight is 357 g/mol. The van der Waals surface area contributed by atoms with Gasteiger partial charge in [-0.2, -0.15) is 0 Å². The van der Waals surface area contributed by atoms with Gasteiger partial charge in [0.25, 0.3) is 5.91 Å². The first-order valence-corrected chi connectivity index (χ1v) is 9.34. The standard InChI is InChI=1S/C14H19N3O6S/c1-3-16(11-6-8-24(21,22)9-11)14(18)10(2)23-12-5-4-7-15-13(12)17(19)20/h4-5,7,10-11H,3,6,8-9H2,1-2H3/t10-,11-/m0/s1. The van der Waals surface area contributed by atoms with E-state index in [9.17, 15) is 23.3 Å². The van der Waals surface area contributed by atoms with Crippen LogP contribution < -0.4 is 4.74 Å². The van der Waals surface area contributed by atoms with Crippen molar-refractivity contribution in [1.82, 2.24) is 9.88 Å². The molecule has 0 saturated carbocycles. The van der Waals surface area contributed by atoms with Gasteiger partial charge in [0.05, 0.1) is 11.5 Å². The second-order valence-electron chi connectivity index (χ2n) is 5.52. The Labute approximate surface area is 139 Å². The van der Waals surface area contributed by atoms with Crippen LogP contribution in [0.3, 0.4) is 0 Å². The molecule has 1 aliphatic heterocycles. The number of ether oxygens (including phenoxy) is 1. The Balaban J connectivity index is 2.12. The van der Waals surface area contributed by atoms with Crippen LogP contribution in [0, 0.1) is 10.1 Å². The molecule has 2 heterocycles. The van der Waals surface area contributed by atoms with Crippen LogP contribution in [0.4, 0.5) is 5.82 Å². The van der Waals surface area contributed by atoms with E-state index in [-0.39, 0.29) is 23.3 Å². The van der Waals surface area contributed by atoms with Gasteiger partial charge in [0.1, 0.15) is 6.20 Å². The van der Waals surface area contributed by atoms with Gasteiger partial charge in [-0.25, -0.2) is 8.42 Å². The molecule has 2 rings (SSSR count). The van der Waals surface area contributed by atoms with Gasteiger partial charge >= 0.3 is 5.82 Å². The lowest BCUT2D eigenvalue weighted by atomic mass is 10.2. The third-order valence-corrected chi connectivity index (χ3v) is 5.60. The van der Waals surface area contributed by atoms with Gasteiger partial charge < -0.3 is 19.8 Å². The molecule has 24 heavy (non-hydrogen) atoms. The molecule has 132 valence electrons. The van der Waals surface area contributed by atoms with Crippen LogP contribution in [-0.2, 0) is 14.6 Å². The quantitative estimate of drug-likeness (QED) is 0.545. The van der Waals surface area contributed by atoms with E-state index in [1.54, 1.807) is 6.92 Å². The third-order valence-electron chi connectivity index (χ3n) is 3.85. The first-order valence-electron chi connectivity index (χ1n) is 7.52. The van der Waals surface area contributed by atoms with Gasteiger partial charge in [0, 0.05) is 12.6 Å². The summed E-state index contributed by atoms with van der Waals surface area (Å²) in [4.78, 5) is 27.9. The van der Waals surface area contributed by atoms with Crippen molar-refractivity contribution in [2.24, 2.45) is 0 Å². The minimum atomic E-state index is -3.12. The summed E-state index contributed by atoms with van der Waals surface area (Å²) in [6.45, 7) is 3.56. The predicted octanol–water partition coefficient (Wildman–Crippen LogP) is 0.793.